The van der Waals surface area contributed by atoms with E-state index in [0.717, 1.165) is 10.5 Å². The van der Waals surface area contributed by atoms with Crippen molar-refractivity contribution in [2.24, 2.45) is 5.18 Å². The van der Waals surface area contributed by atoms with Gasteiger partial charge in [0.05, 0.1) is 11.3 Å². The van der Waals surface area contributed by atoms with Gasteiger partial charge in [0.15, 0.2) is 0 Å². The number of hydrogen-bond donors (Lipinski definition) is 0. The minimum Gasteiger partial charge on any atom is -0.274 e. The van der Waals surface area contributed by atoms with Gasteiger partial charge in [-0.05, 0) is 48.7 Å². The Kier molecular flexibility index (Phi) is 5.58. The molecule has 0 aliphatic heterocycles. The van der Waals surface area contributed by atoms with Crippen LogP contribution in [0.1, 0.15) is 41.3 Å². The summed E-state index contributed by atoms with van der Waals surface area (Å²) in [6, 6.07) is 12.1. The maximum atomic E-state index is 13.1. The summed E-state index contributed by atoms with van der Waals surface area (Å²) in [5.74, 6) is -0.813. The van der Waals surface area contributed by atoms with Gasteiger partial charge in [-0.3, -0.25) is 9.59 Å². The molecule has 0 aliphatic carbocycles. The van der Waals surface area contributed by atoms with E-state index in [4.69, 9.17) is 0 Å². The number of nitroso groups, excluding NO2 is 1. The van der Waals surface area contributed by atoms with Crippen molar-refractivity contribution in [3.63, 3.8) is 0 Å². The molecule has 0 spiro atoms. The largest absolute Gasteiger partial charge is 0.274 e. The van der Waals surface area contributed by atoms with E-state index in [1.54, 1.807) is 31.2 Å². The first-order valence-electron chi connectivity index (χ1n) is 7.87. The van der Waals surface area contributed by atoms with Crippen LogP contribution in [0, 0.1) is 18.8 Å². The topological polar surface area (TPSA) is 66.8 Å². The first-order chi connectivity index (χ1) is 11.5. The van der Waals surface area contributed by atoms with Crippen LogP contribution in [0.2, 0.25) is 0 Å². The molecule has 124 valence electrons. The number of aryl methyl sites for hydroxylation is 2. The van der Waals surface area contributed by atoms with Crippen LogP contribution in [0.5, 0.6) is 0 Å². The summed E-state index contributed by atoms with van der Waals surface area (Å²) >= 11 is 0. The fraction of sp³-hybridized carbons (Fsp3) is 0.263. The second-order valence-electron chi connectivity index (χ2n) is 5.63. The molecule has 2 amide bonds. The Morgan fingerprint density at radius 2 is 1.67 bits per heavy atom. The number of carbonyl (C=O) groups excluding carboxylic acids is 2. The highest BCUT2D eigenvalue weighted by Crippen LogP contribution is 2.28. The lowest BCUT2D eigenvalue weighted by Gasteiger charge is -2.23. The molecule has 2 rings (SSSR count). The number of carbonyl (C=O) groups is 2. The van der Waals surface area contributed by atoms with E-state index in [-0.39, 0.29) is 23.6 Å². The monoisotopic (exact) mass is 324 g/mol. The van der Waals surface area contributed by atoms with E-state index in [1.807, 2.05) is 26.0 Å². The summed E-state index contributed by atoms with van der Waals surface area (Å²) in [6.07, 6.45) is 0.872. The number of rotatable bonds is 5. The molecule has 0 aromatic heterocycles. The smallest absolute Gasteiger partial charge is 0.267 e. The van der Waals surface area contributed by atoms with Gasteiger partial charge in [0.2, 0.25) is 5.91 Å². The SMILES string of the molecule is CCCC(=O)N(C(=O)c1c(C)cccc1N=O)c1ccccc1C. The van der Waals surface area contributed by atoms with Crippen LogP contribution in [-0.2, 0) is 4.79 Å². The summed E-state index contributed by atoms with van der Waals surface area (Å²) < 4.78 is 0. The third-order valence-electron chi connectivity index (χ3n) is 3.84. The average Bonchev–Trinajstić information content (AvgIpc) is 2.56. The molecule has 0 unspecified atom stereocenters. The molecule has 0 bridgehead atoms. The minimum atomic E-state index is -0.518. The zero-order valence-electron chi connectivity index (χ0n) is 14.1. The number of para-hydroxylation sites is 1. The molecular weight excluding hydrogens is 304 g/mol. The van der Waals surface area contributed by atoms with Crippen molar-refractivity contribution >= 4 is 23.2 Å². The van der Waals surface area contributed by atoms with Gasteiger partial charge < -0.3 is 0 Å². The fourth-order valence-electron chi connectivity index (χ4n) is 2.62. The van der Waals surface area contributed by atoms with Crippen molar-refractivity contribution in [3.05, 3.63) is 64.1 Å². The molecule has 0 saturated carbocycles. The molecule has 0 fully saturated rings. The molecule has 5 heteroatoms. The summed E-state index contributed by atoms with van der Waals surface area (Å²) in [7, 11) is 0. The summed E-state index contributed by atoms with van der Waals surface area (Å²) in [4.78, 5) is 38.0. The van der Waals surface area contributed by atoms with Crippen LogP contribution in [-0.4, -0.2) is 11.8 Å². The lowest BCUT2D eigenvalue weighted by molar-refractivity contribution is -0.118. The molecule has 0 radical (unpaired) electrons. The van der Waals surface area contributed by atoms with E-state index in [9.17, 15) is 14.5 Å². The third kappa shape index (κ3) is 3.40. The maximum absolute atomic E-state index is 13.1. The van der Waals surface area contributed by atoms with E-state index >= 15 is 0 Å². The molecule has 0 atom stereocenters. The third-order valence-corrected chi connectivity index (χ3v) is 3.84. The second kappa shape index (κ2) is 7.64. The van der Waals surface area contributed by atoms with Gasteiger partial charge in [0, 0.05) is 6.42 Å². The quantitative estimate of drug-likeness (QED) is 0.750. The predicted octanol–water partition coefficient (Wildman–Crippen LogP) is 4.67. The predicted molar refractivity (Wildman–Crippen MR) is 94.5 cm³/mol. The van der Waals surface area contributed by atoms with Gasteiger partial charge in [-0.1, -0.05) is 37.3 Å². The number of hydrogen-bond acceptors (Lipinski definition) is 4. The Labute approximate surface area is 141 Å². The van der Waals surface area contributed by atoms with Crippen molar-refractivity contribution in [3.8, 4) is 0 Å². The number of imide groups is 1. The Hall–Kier alpha value is -2.82. The van der Waals surface area contributed by atoms with Crippen LogP contribution in [0.4, 0.5) is 11.4 Å². The van der Waals surface area contributed by atoms with Gasteiger partial charge in [-0.15, -0.1) is 4.91 Å². The zero-order valence-corrected chi connectivity index (χ0v) is 14.1. The van der Waals surface area contributed by atoms with Gasteiger partial charge >= 0.3 is 0 Å². The van der Waals surface area contributed by atoms with Gasteiger partial charge in [0.25, 0.3) is 5.91 Å². The fourth-order valence-corrected chi connectivity index (χ4v) is 2.62. The Balaban J connectivity index is 2.61. The molecule has 0 heterocycles. The first kappa shape index (κ1) is 17.5. The van der Waals surface area contributed by atoms with E-state index in [2.05, 4.69) is 5.18 Å². The van der Waals surface area contributed by atoms with Crippen LogP contribution in [0.25, 0.3) is 0 Å². The molecule has 24 heavy (non-hydrogen) atoms. The maximum Gasteiger partial charge on any atom is 0.267 e. The molecule has 0 N–H and O–H groups in total. The zero-order chi connectivity index (χ0) is 17.7. The molecule has 2 aromatic rings. The molecule has 2 aromatic carbocycles. The number of benzene rings is 2. The van der Waals surface area contributed by atoms with Crippen molar-refractivity contribution in [1.29, 1.82) is 0 Å². The standard InChI is InChI=1S/C19H20N2O3/c1-4-8-17(22)21(16-12-6-5-9-13(16)2)19(23)18-14(3)10-7-11-15(18)20-24/h5-7,9-12H,4,8H2,1-3H3. The van der Waals surface area contributed by atoms with Crippen molar-refractivity contribution in [1.82, 2.24) is 0 Å². The molecule has 0 aliphatic rings. The highest BCUT2D eigenvalue weighted by Gasteiger charge is 2.28. The van der Waals surface area contributed by atoms with E-state index in [1.165, 1.54) is 6.07 Å². The molecule has 5 nitrogen and oxygen atoms in total. The van der Waals surface area contributed by atoms with Gasteiger partial charge in [0.1, 0.15) is 5.69 Å². The normalized spacial score (nSPS) is 10.3. The van der Waals surface area contributed by atoms with Crippen LogP contribution < -0.4 is 4.90 Å². The highest BCUT2D eigenvalue weighted by molar-refractivity contribution is 6.23. The van der Waals surface area contributed by atoms with Crippen LogP contribution >= 0.6 is 0 Å². The summed E-state index contributed by atoms with van der Waals surface area (Å²) in [5, 5.41) is 2.95. The van der Waals surface area contributed by atoms with Crippen LogP contribution in [0.15, 0.2) is 47.6 Å². The highest BCUT2D eigenvalue weighted by atomic mass is 16.3. The lowest BCUT2D eigenvalue weighted by atomic mass is 10.0. The second-order valence-corrected chi connectivity index (χ2v) is 5.63. The van der Waals surface area contributed by atoms with Crippen LogP contribution in [0.3, 0.4) is 0 Å². The van der Waals surface area contributed by atoms with E-state index in [0.29, 0.717) is 17.7 Å². The first-order valence-corrected chi connectivity index (χ1v) is 7.87. The van der Waals surface area contributed by atoms with E-state index < -0.39 is 5.91 Å². The minimum absolute atomic E-state index is 0.0443. The number of nitrogens with zero attached hydrogens (tertiary/aromatic N) is 2. The number of anilines is 1. The van der Waals surface area contributed by atoms with Gasteiger partial charge in [-0.25, -0.2) is 4.90 Å². The molecular formula is C19H20N2O3. The Morgan fingerprint density at radius 3 is 2.29 bits per heavy atom. The Morgan fingerprint density at radius 1 is 1.00 bits per heavy atom. The Bertz CT molecular complexity index is 784. The lowest BCUT2D eigenvalue weighted by Crippen LogP contribution is -2.37. The van der Waals surface area contributed by atoms with Crippen molar-refractivity contribution in [2.45, 2.75) is 33.6 Å². The van der Waals surface area contributed by atoms with Crippen molar-refractivity contribution in [2.75, 3.05) is 4.90 Å². The average molecular weight is 324 g/mol. The summed E-state index contributed by atoms with van der Waals surface area (Å²) in [6.45, 7) is 5.44. The summed E-state index contributed by atoms with van der Waals surface area (Å²) in [5.41, 5.74) is 2.16. The van der Waals surface area contributed by atoms with Gasteiger partial charge in [-0.2, -0.15) is 0 Å². The number of amides is 2. The van der Waals surface area contributed by atoms with Crippen molar-refractivity contribution < 1.29 is 9.59 Å². The molecule has 0 saturated heterocycles.